The topological polar surface area (TPSA) is 107 Å². The molecule has 0 unspecified atom stereocenters. The Hall–Kier alpha value is -1.73. The third kappa shape index (κ3) is 1.95. The first kappa shape index (κ1) is 10.4. The van der Waals surface area contributed by atoms with Crippen molar-refractivity contribution < 1.29 is 24.6 Å². The van der Waals surface area contributed by atoms with Gasteiger partial charge in [0.25, 0.3) is 11.8 Å². The first-order chi connectivity index (χ1) is 6.56. The molecule has 1 aliphatic rings. The molecule has 0 saturated carbocycles. The van der Waals surface area contributed by atoms with Crippen LogP contribution in [0.4, 0.5) is 0 Å². The number of hydrogen-bond donors (Lipinski definition) is 3. The number of imide groups is 1. The molecule has 0 fully saturated rings. The molecule has 0 aliphatic carbocycles. The highest BCUT2D eigenvalue weighted by Gasteiger charge is 2.28. The lowest BCUT2D eigenvalue weighted by Gasteiger charge is -2.19. The molecule has 1 aliphatic heterocycles. The molecule has 76 valence electrons. The second kappa shape index (κ2) is 3.99. The van der Waals surface area contributed by atoms with Gasteiger partial charge in [0.05, 0.1) is 6.61 Å². The van der Waals surface area contributed by atoms with E-state index in [1.54, 1.807) is 0 Å². The van der Waals surface area contributed by atoms with E-state index < -0.39 is 30.4 Å². The summed E-state index contributed by atoms with van der Waals surface area (Å²) in [7, 11) is 0. The molecule has 1 rings (SSSR count). The van der Waals surface area contributed by atoms with E-state index in [9.17, 15) is 14.4 Å². The Kier molecular flexibility index (Phi) is 2.95. The van der Waals surface area contributed by atoms with E-state index in [0.717, 1.165) is 12.2 Å². The Labute approximate surface area is 78.6 Å². The van der Waals surface area contributed by atoms with Gasteiger partial charge in [0.2, 0.25) is 0 Å². The van der Waals surface area contributed by atoms with E-state index in [2.05, 4.69) is 5.43 Å². The molecule has 1 atom stereocenters. The third-order valence-corrected chi connectivity index (χ3v) is 1.57. The zero-order valence-corrected chi connectivity index (χ0v) is 7.01. The maximum Gasteiger partial charge on any atom is 0.324 e. The summed E-state index contributed by atoms with van der Waals surface area (Å²) >= 11 is 0. The fraction of sp³-hybridized carbons (Fsp3) is 0.286. The summed E-state index contributed by atoms with van der Waals surface area (Å²) in [5.74, 6) is -2.66. The van der Waals surface area contributed by atoms with Crippen molar-refractivity contribution in [2.45, 2.75) is 6.04 Å². The fourth-order valence-corrected chi connectivity index (χ4v) is 0.857. The van der Waals surface area contributed by atoms with Crippen LogP contribution in [0.2, 0.25) is 0 Å². The van der Waals surface area contributed by atoms with Gasteiger partial charge in [-0.2, -0.15) is 0 Å². The zero-order valence-electron chi connectivity index (χ0n) is 7.01. The number of aliphatic hydroxyl groups is 1. The van der Waals surface area contributed by atoms with E-state index in [1.807, 2.05) is 0 Å². The minimum Gasteiger partial charge on any atom is -0.480 e. The van der Waals surface area contributed by atoms with Crippen LogP contribution in [0, 0.1) is 0 Å². The molecule has 0 saturated heterocycles. The number of carboxylic acids is 1. The molecule has 14 heavy (non-hydrogen) atoms. The van der Waals surface area contributed by atoms with Crippen LogP contribution in [0.5, 0.6) is 0 Å². The summed E-state index contributed by atoms with van der Waals surface area (Å²) in [4.78, 5) is 32.3. The average Bonchev–Trinajstić information content (AvgIpc) is 2.43. The van der Waals surface area contributed by atoms with E-state index in [-0.39, 0.29) is 0 Å². The first-order valence-corrected chi connectivity index (χ1v) is 3.72. The van der Waals surface area contributed by atoms with E-state index >= 15 is 0 Å². The SMILES string of the molecule is O=C(O)[C@H](CO)NN1C(=O)C=CC1=O. The van der Waals surface area contributed by atoms with Crippen LogP contribution in [0.1, 0.15) is 0 Å². The Bertz CT molecular complexity index is 293. The van der Waals surface area contributed by atoms with Gasteiger partial charge >= 0.3 is 5.97 Å². The summed E-state index contributed by atoms with van der Waals surface area (Å²) in [5.41, 5.74) is 2.09. The summed E-state index contributed by atoms with van der Waals surface area (Å²) < 4.78 is 0. The molecule has 0 aromatic heterocycles. The van der Waals surface area contributed by atoms with Gasteiger partial charge in [0.1, 0.15) is 6.04 Å². The van der Waals surface area contributed by atoms with Gasteiger partial charge in [0.15, 0.2) is 0 Å². The molecule has 0 bridgehead atoms. The van der Waals surface area contributed by atoms with Crippen molar-refractivity contribution >= 4 is 17.8 Å². The minimum absolute atomic E-state index is 0.537. The van der Waals surface area contributed by atoms with Gasteiger partial charge in [-0.3, -0.25) is 14.4 Å². The second-order valence-corrected chi connectivity index (χ2v) is 2.55. The first-order valence-electron chi connectivity index (χ1n) is 3.72. The normalized spacial score (nSPS) is 17.6. The number of aliphatic hydroxyl groups excluding tert-OH is 1. The molecule has 0 aromatic carbocycles. The van der Waals surface area contributed by atoms with E-state index in [1.165, 1.54) is 0 Å². The molecular weight excluding hydrogens is 192 g/mol. The van der Waals surface area contributed by atoms with E-state index in [4.69, 9.17) is 10.2 Å². The number of nitrogens with one attached hydrogen (secondary N) is 1. The molecule has 2 amide bonds. The molecule has 0 spiro atoms. The van der Waals surface area contributed by atoms with Crippen molar-refractivity contribution in [3.05, 3.63) is 12.2 Å². The van der Waals surface area contributed by atoms with Crippen LogP contribution >= 0.6 is 0 Å². The highest BCUT2D eigenvalue weighted by Crippen LogP contribution is 2.00. The largest absolute Gasteiger partial charge is 0.480 e. The molecule has 3 N–H and O–H groups in total. The lowest BCUT2D eigenvalue weighted by molar-refractivity contribution is -0.147. The quantitative estimate of drug-likeness (QED) is 0.447. The number of amides is 2. The molecule has 1 heterocycles. The van der Waals surface area contributed by atoms with Crippen LogP contribution < -0.4 is 5.43 Å². The average molecular weight is 200 g/mol. The van der Waals surface area contributed by atoms with Crippen LogP contribution in [-0.2, 0) is 14.4 Å². The van der Waals surface area contributed by atoms with E-state index in [0.29, 0.717) is 5.01 Å². The molecule has 7 nitrogen and oxygen atoms in total. The maximum atomic E-state index is 10.9. The van der Waals surface area contributed by atoms with Crippen LogP contribution in [0.3, 0.4) is 0 Å². The van der Waals surface area contributed by atoms with Gasteiger partial charge in [0, 0.05) is 12.2 Å². The minimum atomic E-state index is -1.37. The van der Waals surface area contributed by atoms with Gasteiger partial charge < -0.3 is 10.2 Å². The lowest BCUT2D eigenvalue weighted by Crippen LogP contribution is -2.52. The fourth-order valence-electron chi connectivity index (χ4n) is 0.857. The molecule has 0 aromatic rings. The number of hydrogen-bond acceptors (Lipinski definition) is 5. The highest BCUT2D eigenvalue weighted by molar-refractivity contribution is 6.12. The summed E-state index contributed by atoms with van der Waals surface area (Å²) in [6.07, 6.45) is 2.01. The number of nitrogens with zero attached hydrogens (tertiary/aromatic N) is 1. The number of aliphatic carboxylic acids is 1. The van der Waals surface area contributed by atoms with Gasteiger partial charge in [-0.05, 0) is 0 Å². The summed E-state index contributed by atoms with van der Waals surface area (Å²) in [5, 5.41) is 17.7. The smallest absolute Gasteiger partial charge is 0.324 e. The van der Waals surface area contributed by atoms with Crippen molar-refractivity contribution in [1.29, 1.82) is 0 Å². The van der Waals surface area contributed by atoms with Crippen molar-refractivity contribution in [2.75, 3.05) is 6.61 Å². The Morgan fingerprint density at radius 1 is 1.43 bits per heavy atom. The van der Waals surface area contributed by atoms with Crippen LogP contribution in [0.25, 0.3) is 0 Å². The monoisotopic (exact) mass is 200 g/mol. The third-order valence-electron chi connectivity index (χ3n) is 1.57. The number of rotatable bonds is 4. The standard InChI is InChI=1S/C7H8N2O5/c10-3-4(7(13)14)8-9-5(11)1-2-6(9)12/h1-2,4,8,10H,3H2,(H,13,14)/t4-/m0/s1. The Morgan fingerprint density at radius 2 is 1.93 bits per heavy atom. The maximum absolute atomic E-state index is 10.9. The predicted octanol–water partition coefficient (Wildman–Crippen LogP) is -2.14. The summed E-state index contributed by atoms with van der Waals surface area (Å²) in [6, 6.07) is -1.37. The molecule has 7 heteroatoms. The molecule has 0 radical (unpaired) electrons. The highest BCUT2D eigenvalue weighted by atomic mass is 16.4. The van der Waals surface area contributed by atoms with Gasteiger partial charge in [-0.1, -0.05) is 0 Å². The Morgan fingerprint density at radius 3 is 2.29 bits per heavy atom. The number of hydrazine groups is 1. The summed E-state index contributed by atoms with van der Waals surface area (Å²) in [6.45, 7) is -0.716. The van der Waals surface area contributed by atoms with Crippen LogP contribution in [0.15, 0.2) is 12.2 Å². The Balaban J connectivity index is 2.64. The van der Waals surface area contributed by atoms with Gasteiger partial charge in [-0.15, -0.1) is 0 Å². The molecular formula is C7H8N2O5. The zero-order chi connectivity index (χ0) is 10.7. The number of carboxylic acid groups (broad SMARTS) is 1. The van der Waals surface area contributed by atoms with Gasteiger partial charge in [-0.25, -0.2) is 10.4 Å². The second-order valence-electron chi connectivity index (χ2n) is 2.55. The number of carbonyl (C=O) groups is 3. The number of carbonyl (C=O) groups excluding carboxylic acids is 2. The lowest BCUT2D eigenvalue weighted by atomic mass is 10.3. The van der Waals surface area contributed by atoms with Crippen molar-refractivity contribution in [3.8, 4) is 0 Å². The van der Waals surface area contributed by atoms with Crippen molar-refractivity contribution in [1.82, 2.24) is 10.4 Å². The van der Waals surface area contributed by atoms with Crippen LogP contribution in [-0.4, -0.2) is 45.7 Å². The van der Waals surface area contributed by atoms with Crippen molar-refractivity contribution in [3.63, 3.8) is 0 Å². The van der Waals surface area contributed by atoms with Crippen molar-refractivity contribution in [2.24, 2.45) is 0 Å². The predicted molar refractivity (Wildman–Crippen MR) is 42.6 cm³/mol.